The molecular formula is C24H24N2O3S2. The van der Waals surface area contributed by atoms with E-state index in [-0.39, 0.29) is 17.9 Å². The molecule has 4 rings (SSSR count). The first kappa shape index (κ1) is 21.5. The molecule has 2 atom stereocenters. The minimum absolute atomic E-state index is 0.0199. The van der Waals surface area contributed by atoms with Crippen molar-refractivity contribution >= 4 is 40.6 Å². The highest BCUT2D eigenvalue weighted by Crippen LogP contribution is 2.44. The van der Waals surface area contributed by atoms with Gasteiger partial charge in [-0.2, -0.15) is 11.8 Å². The molecule has 2 amide bonds. The van der Waals surface area contributed by atoms with Crippen LogP contribution < -0.4 is 10.1 Å². The Balaban J connectivity index is 1.78. The lowest BCUT2D eigenvalue weighted by Crippen LogP contribution is -2.46. The van der Waals surface area contributed by atoms with Gasteiger partial charge in [-0.25, -0.2) is 0 Å². The SMILES string of the molecule is COc1cccc(NC(=O)C2c3ccccc3C(=O)N(CCSC)C2c2cccs2)c1. The van der Waals surface area contributed by atoms with Gasteiger partial charge in [-0.05, 0) is 41.5 Å². The van der Waals surface area contributed by atoms with Crippen LogP contribution >= 0.6 is 23.1 Å². The average molecular weight is 453 g/mol. The van der Waals surface area contributed by atoms with Gasteiger partial charge in [-0.3, -0.25) is 9.59 Å². The van der Waals surface area contributed by atoms with Gasteiger partial charge in [-0.1, -0.05) is 30.3 Å². The first-order chi connectivity index (χ1) is 15.1. The van der Waals surface area contributed by atoms with Crippen molar-refractivity contribution in [2.45, 2.75) is 12.0 Å². The number of amides is 2. The standard InChI is InChI=1S/C24H24N2O3S2/c1-29-17-8-5-7-16(15-17)25-23(27)21-18-9-3-4-10-19(18)24(28)26(12-14-30-2)22(21)20-11-6-13-31-20/h3-11,13,15,21-22H,12,14H2,1-2H3,(H,25,27). The van der Waals surface area contributed by atoms with Crippen molar-refractivity contribution in [1.29, 1.82) is 0 Å². The summed E-state index contributed by atoms with van der Waals surface area (Å²) in [4.78, 5) is 30.0. The molecule has 0 aliphatic carbocycles. The molecule has 2 heterocycles. The van der Waals surface area contributed by atoms with Gasteiger partial charge in [0.25, 0.3) is 5.91 Å². The normalized spacial score (nSPS) is 17.9. The predicted octanol–water partition coefficient (Wildman–Crippen LogP) is 5.04. The van der Waals surface area contributed by atoms with Gasteiger partial charge >= 0.3 is 0 Å². The van der Waals surface area contributed by atoms with E-state index < -0.39 is 5.92 Å². The first-order valence-corrected chi connectivity index (χ1v) is 12.3. The van der Waals surface area contributed by atoms with Crippen molar-refractivity contribution in [3.05, 3.63) is 82.0 Å². The van der Waals surface area contributed by atoms with Crippen LogP contribution in [0.25, 0.3) is 0 Å². The van der Waals surface area contributed by atoms with Gasteiger partial charge in [0.1, 0.15) is 5.75 Å². The van der Waals surface area contributed by atoms with E-state index in [4.69, 9.17) is 4.74 Å². The van der Waals surface area contributed by atoms with Crippen molar-refractivity contribution in [1.82, 2.24) is 4.90 Å². The third kappa shape index (κ3) is 4.34. The Morgan fingerprint density at radius 1 is 1.16 bits per heavy atom. The average Bonchev–Trinajstić information content (AvgIpc) is 3.33. The Bertz CT molecular complexity index is 1070. The molecule has 0 bridgehead atoms. The lowest BCUT2D eigenvalue weighted by Gasteiger charge is -2.41. The zero-order valence-corrected chi connectivity index (χ0v) is 19.0. The molecule has 7 heteroatoms. The fourth-order valence-electron chi connectivity index (χ4n) is 4.01. The molecule has 1 aliphatic heterocycles. The third-order valence-corrected chi connectivity index (χ3v) is 6.96. The third-order valence-electron chi connectivity index (χ3n) is 5.43. The van der Waals surface area contributed by atoms with E-state index in [1.807, 2.05) is 71.1 Å². The molecule has 2 unspecified atom stereocenters. The molecule has 3 aromatic rings. The summed E-state index contributed by atoms with van der Waals surface area (Å²) >= 11 is 3.27. The number of benzene rings is 2. The van der Waals surface area contributed by atoms with Crippen LogP contribution in [0.3, 0.4) is 0 Å². The predicted molar refractivity (Wildman–Crippen MR) is 127 cm³/mol. The highest BCUT2D eigenvalue weighted by atomic mass is 32.2. The number of ether oxygens (including phenoxy) is 1. The van der Waals surface area contributed by atoms with Gasteiger partial charge in [0.2, 0.25) is 5.91 Å². The molecule has 0 saturated heterocycles. The number of rotatable bonds is 7. The smallest absolute Gasteiger partial charge is 0.254 e. The maximum Gasteiger partial charge on any atom is 0.254 e. The molecule has 0 spiro atoms. The van der Waals surface area contributed by atoms with Crippen LogP contribution in [0, 0.1) is 0 Å². The number of thioether (sulfide) groups is 1. The summed E-state index contributed by atoms with van der Waals surface area (Å²) in [7, 11) is 1.60. The van der Waals surface area contributed by atoms with Gasteiger partial charge in [-0.15, -0.1) is 11.3 Å². The number of thiophene rings is 1. The second-order valence-corrected chi connectivity index (χ2v) is 9.20. The zero-order valence-electron chi connectivity index (χ0n) is 17.4. The van der Waals surface area contributed by atoms with Crippen molar-refractivity contribution in [2.24, 2.45) is 0 Å². The molecule has 1 N–H and O–H groups in total. The maximum atomic E-state index is 13.7. The Labute approximate surface area is 190 Å². The molecule has 0 fully saturated rings. The summed E-state index contributed by atoms with van der Waals surface area (Å²) in [6.07, 6.45) is 2.02. The summed E-state index contributed by atoms with van der Waals surface area (Å²) in [5, 5.41) is 5.04. The van der Waals surface area contributed by atoms with E-state index >= 15 is 0 Å². The van der Waals surface area contributed by atoms with E-state index in [0.29, 0.717) is 23.5 Å². The van der Waals surface area contributed by atoms with Crippen molar-refractivity contribution in [2.75, 3.05) is 31.0 Å². The fraction of sp³-hybridized carbons (Fsp3) is 0.250. The number of methoxy groups -OCH3 is 1. The molecule has 1 aromatic heterocycles. The molecular weight excluding hydrogens is 428 g/mol. The van der Waals surface area contributed by atoms with Gasteiger partial charge in [0.15, 0.2) is 0 Å². The fourth-order valence-corrected chi connectivity index (χ4v) is 5.26. The second-order valence-electron chi connectivity index (χ2n) is 7.24. The quantitative estimate of drug-likeness (QED) is 0.546. The number of carbonyl (C=O) groups excluding carboxylic acids is 2. The van der Waals surface area contributed by atoms with Gasteiger partial charge in [0, 0.05) is 34.5 Å². The molecule has 31 heavy (non-hydrogen) atoms. The van der Waals surface area contributed by atoms with Gasteiger partial charge < -0.3 is 15.0 Å². The molecule has 0 radical (unpaired) electrons. The van der Waals surface area contributed by atoms with Crippen LogP contribution in [0.5, 0.6) is 5.75 Å². The number of carbonyl (C=O) groups is 2. The van der Waals surface area contributed by atoms with Crippen molar-refractivity contribution in [3.8, 4) is 5.75 Å². The number of nitrogens with one attached hydrogen (secondary N) is 1. The Morgan fingerprint density at radius 3 is 2.74 bits per heavy atom. The first-order valence-electron chi connectivity index (χ1n) is 10.0. The van der Waals surface area contributed by atoms with Crippen molar-refractivity contribution < 1.29 is 14.3 Å². The van der Waals surface area contributed by atoms with E-state index in [2.05, 4.69) is 5.32 Å². The van der Waals surface area contributed by atoms with Crippen LogP contribution in [0.2, 0.25) is 0 Å². The largest absolute Gasteiger partial charge is 0.497 e. The monoisotopic (exact) mass is 452 g/mol. The van der Waals surface area contributed by atoms with Crippen molar-refractivity contribution in [3.63, 3.8) is 0 Å². The lowest BCUT2D eigenvalue weighted by atomic mass is 9.81. The van der Waals surface area contributed by atoms with Crippen LogP contribution in [0.1, 0.15) is 32.8 Å². The summed E-state index contributed by atoms with van der Waals surface area (Å²) in [6.45, 7) is 0.583. The molecule has 160 valence electrons. The minimum atomic E-state index is -0.513. The minimum Gasteiger partial charge on any atom is -0.497 e. The Kier molecular flexibility index (Phi) is 6.63. The van der Waals surface area contributed by atoms with Crippen LogP contribution in [-0.4, -0.2) is 42.4 Å². The summed E-state index contributed by atoms with van der Waals surface area (Å²) in [6, 6.07) is 18.4. The van der Waals surface area contributed by atoms with E-state index in [1.165, 1.54) is 0 Å². The van der Waals surface area contributed by atoms with E-state index in [0.717, 1.165) is 16.2 Å². The van der Waals surface area contributed by atoms with Crippen LogP contribution in [-0.2, 0) is 4.79 Å². The van der Waals surface area contributed by atoms with E-state index in [9.17, 15) is 9.59 Å². The number of hydrogen-bond donors (Lipinski definition) is 1. The van der Waals surface area contributed by atoms with Gasteiger partial charge in [0.05, 0.1) is 19.1 Å². The Hall–Kier alpha value is -2.77. The summed E-state index contributed by atoms with van der Waals surface area (Å²) < 4.78 is 5.29. The number of hydrogen-bond acceptors (Lipinski definition) is 5. The molecule has 0 saturated carbocycles. The van der Waals surface area contributed by atoms with Crippen LogP contribution in [0.4, 0.5) is 5.69 Å². The second kappa shape index (κ2) is 9.58. The highest BCUT2D eigenvalue weighted by molar-refractivity contribution is 7.98. The summed E-state index contributed by atoms with van der Waals surface area (Å²) in [5.41, 5.74) is 2.04. The Morgan fingerprint density at radius 2 is 2.00 bits per heavy atom. The topological polar surface area (TPSA) is 58.6 Å². The number of fused-ring (bicyclic) bond motifs is 1. The molecule has 1 aliphatic rings. The van der Waals surface area contributed by atoms with E-state index in [1.54, 1.807) is 36.3 Å². The molecule has 2 aromatic carbocycles. The molecule has 5 nitrogen and oxygen atoms in total. The highest BCUT2D eigenvalue weighted by Gasteiger charge is 2.44. The number of nitrogens with zero attached hydrogens (tertiary/aromatic N) is 1. The summed E-state index contributed by atoms with van der Waals surface area (Å²) in [5.74, 6) is 0.809. The zero-order chi connectivity index (χ0) is 21.8. The maximum absolute atomic E-state index is 13.7. The van der Waals surface area contributed by atoms with Crippen LogP contribution in [0.15, 0.2) is 66.0 Å². The number of anilines is 1. The lowest BCUT2D eigenvalue weighted by molar-refractivity contribution is -0.119.